The summed E-state index contributed by atoms with van der Waals surface area (Å²) < 4.78 is 21.4. The molecule has 0 aliphatic rings. The monoisotopic (exact) mass is 425 g/mol. The first-order valence-electron chi connectivity index (χ1n) is 9.99. The third kappa shape index (κ3) is 5.53. The fraction of sp³-hybridized carbons (Fsp3) is 0.348. The topological polar surface area (TPSA) is 95.7 Å². The summed E-state index contributed by atoms with van der Waals surface area (Å²) >= 11 is 0. The van der Waals surface area contributed by atoms with Crippen molar-refractivity contribution in [3.05, 3.63) is 53.9 Å². The molecule has 0 bridgehead atoms. The molecule has 0 aliphatic carbocycles. The van der Waals surface area contributed by atoms with Crippen molar-refractivity contribution in [1.82, 2.24) is 15.5 Å². The zero-order chi connectivity index (χ0) is 22.4. The van der Waals surface area contributed by atoms with Crippen LogP contribution in [0.1, 0.15) is 44.1 Å². The number of carbonyl (C=O) groups is 1. The van der Waals surface area contributed by atoms with Crippen LogP contribution in [0.25, 0.3) is 11.5 Å². The number of benzene rings is 2. The SMILES string of the molecule is COc1ccc([C@H](C)NC(=O)COc2ccc(-c3nc(C(C)C)no3)cc2)cc1OC. The molecule has 1 N–H and O–H groups in total. The minimum Gasteiger partial charge on any atom is -0.493 e. The molecule has 164 valence electrons. The standard InChI is InChI=1S/C23H27N3O5/c1-14(2)22-25-23(31-26-22)16-6-9-18(10-7-16)30-13-21(27)24-15(3)17-8-11-19(28-4)20(12-17)29-5/h6-12,14-15H,13H2,1-5H3,(H,24,27)/t15-/m0/s1. The Hall–Kier alpha value is -3.55. The number of aromatic nitrogens is 2. The van der Waals surface area contributed by atoms with Crippen molar-refractivity contribution in [3.63, 3.8) is 0 Å². The van der Waals surface area contributed by atoms with Gasteiger partial charge >= 0.3 is 0 Å². The minimum absolute atomic E-state index is 0.102. The number of hydrogen-bond donors (Lipinski definition) is 1. The molecule has 3 aromatic rings. The van der Waals surface area contributed by atoms with Crippen LogP contribution >= 0.6 is 0 Å². The van der Waals surface area contributed by atoms with Gasteiger partial charge in [-0.05, 0) is 48.9 Å². The normalized spacial score (nSPS) is 11.8. The van der Waals surface area contributed by atoms with Gasteiger partial charge in [0.05, 0.1) is 20.3 Å². The van der Waals surface area contributed by atoms with Crippen LogP contribution in [0, 0.1) is 0 Å². The third-order valence-corrected chi connectivity index (χ3v) is 4.71. The number of carbonyl (C=O) groups excluding carboxylic acids is 1. The van der Waals surface area contributed by atoms with Crippen molar-refractivity contribution in [2.24, 2.45) is 0 Å². The van der Waals surface area contributed by atoms with Crippen LogP contribution in [-0.2, 0) is 4.79 Å². The summed E-state index contributed by atoms with van der Waals surface area (Å²) in [6.45, 7) is 5.80. The Labute approximate surface area is 181 Å². The van der Waals surface area contributed by atoms with Crippen molar-refractivity contribution in [3.8, 4) is 28.7 Å². The molecule has 0 radical (unpaired) electrons. The van der Waals surface area contributed by atoms with E-state index in [1.807, 2.05) is 51.1 Å². The second-order valence-electron chi connectivity index (χ2n) is 7.33. The zero-order valence-corrected chi connectivity index (χ0v) is 18.3. The number of rotatable bonds is 9. The molecule has 0 aliphatic heterocycles. The van der Waals surface area contributed by atoms with Crippen LogP contribution in [0.3, 0.4) is 0 Å². The maximum atomic E-state index is 12.3. The lowest BCUT2D eigenvalue weighted by Gasteiger charge is -2.17. The fourth-order valence-corrected chi connectivity index (χ4v) is 2.92. The number of nitrogens with zero attached hydrogens (tertiary/aromatic N) is 2. The third-order valence-electron chi connectivity index (χ3n) is 4.71. The second-order valence-corrected chi connectivity index (χ2v) is 7.33. The van der Waals surface area contributed by atoms with E-state index in [9.17, 15) is 4.79 Å². The van der Waals surface area contributed by atoms with Gasteiger partial charge in [-0.2, -0.15) is 4.98 Å². The highest BCUT2D eigenvalue weighted by atomic mass is 16.5. The lowest BCUT2D eigenvalue weighted by molar-refractivity contribution is -0.123. The van der Waals surface area contributed by atoms with E-state index in [1.165, 1.54) is 0 Å². The molecule has 0 fully saturated rings. The van der Waals surface area contributed by atoms with Crippen molar-refractivity contribution in [1.29, 1.82) is 0 Å². The maximum absolute atomic E-state index is 12.3. The lowest BCUT2D eigenvalue weighted by atomic mass is 10.1. The van der Waals surface area contributed by atoms with Gasteiger partial charge in [0.25, 0.3) is 11.8 Å². The van der Waals surface area contributed by atoms with Crippen LogP contribution in [-0.4, -0.2) is 36.9 Å². The van der Waals surface area contributed by atoms with Crippen molar-refractivity contribution in [2.75, 3.05) is 20.8 Å². The molecule has 3 rings (SSSR count). The van der Waals surface area contributed by atoms with Crippen LogP contribution in [0.15, 0.2) is 47.0 Å². The summed E-state index contributed by atoms with van der Waals surface area (Å²) in [5.74, 6) is 2.90. The predicted molar refractivity (Wildman–Crippen MR) is 115 cm³/mol. The first kappa shape index (κ1) is 22.1. The summed E-state index contributed by atoms with van der Waals surface area (Å²) in [6.07, 6.45) is 0. The smallest absolute Gasteiger partial charge is 0.258 e. The van der Waals surface area contributed by atoms with E-state index in [4.69, 9.17) is 18.7 Å². The van der Waals surface area contributed by atoms with Gasteiger partial charge in [-0.15, -0.1) is 0 Å². The summed E-state index contributed by atoms with van der Waals surface area (Å²) in [7, 11) is 3.16. The highest BCUT2D eigenvalue weighted by Crippen LogP contribution is 2.30. The number of hydrogen-bond acceptors (Lipinski definition) is 7. The minimum atomic E-state index is -0.232. The summed E-state index contributed by atoms with van der Waals surface area (Å²) in [5, 5.41) is 6.87. The summed E-state index contributed by atoms with van der Waals surface area (Å²) in [6, 6.07) is 12.5. The average molecular weight is 425 g/mol. The van der Waals surface area contributed by atoms with Gasteiger partial charge in [0.1, 0.15) is 5.75 Å². The van der Waals surface area contributed by atoms with Crippen LogP contribution < -0.4 is 19.5 Å². The van der Waals surface area contributed by atoms with Gasteiger partial charge < -0.3 is 24.1 Å². The largest absolute Gasteiger partial charge is 0.493 e. The van der Waals surface area contributed by atoms with E-state index in [2.05, 4.69) is 15.5 Å². The van der Waals surface area contributed by atoms with Crippen LogP contribution in [0.4, 0.5) is 0 Å². The molecule has 8 heteroatoms. The molecule has 1 aromatic heterocycles. The highest BCUT2D eigenvalue weighted by molar-refractivity contribution is 5.78. The molecule has 0 saturated heterocycles. The highest BCUT2D eigenvalue weighted by Gasteiger charge is 2.14. The Kier molecular flexibility index (Phi) is 7.12. The molecule has 8 nitrogen and oxygen atoms in total. The molecule has 0 saturated carbocycles. The van der Waals surface area contributed by atoms with E-state index >= 15 is 0 Å². The number of methoxy groups -OCH3 is 2. The maximum Gasteiger partial charge on any atom is 0.258 e. The van der Waals surface area contributed by atoms with E-state index < -0.39 is 0 Å². The molecule has 1 amide bonds. The lowest BCUT2D eigenvalue weighted by Crippen LogP contribution is -2.31. The summed E-state index contributed by atoms with van der Waals surface area (Å²) in [4.78, 5) is 16.7. The molecule has 0 spiro atoms. The van der Waals surface area contributed by atoms with Gasteiger partial charge in [-0.25, -0.2) is 0 Å². The van der Waals surface area contributed by atoms with Crippen LogP contribution in [0.5, 0.6) is 17.2 Å². The van der Waals surface area contributed by atoms with E-state index in [-0.39, 0.29) is 24.5 Å². The quantitative estimate of drug-likeness (QED) is 0.550. The Bertz CT molecular complexity index is 1010. The molecule has 0 unspecified atom stereocenters. The van der Waals surface area contributed by atoms with Gasteiger partial charge in [0.2, 0.25) is 0 Å². The van der Waals surface area contributed by atoms with Gasteiger partial charge in [-0.3, -0.25) is 4.79 Å². The summed E-state index contributed by atoms with van der Waals surface area (Å²) in [5.41, 5.74) is 1.69. The average Bonchev–Trinajstić information content (AvgIpc) is 3.28. The molecule has 1 heterocycles. The first-order valence-corrected chi connectivity index (χ1v) is 9.99. The molecular formula is C23H27N3O5. The number of ether oxygens (including phenoxy) is 3. The fourth-order valence-electron chi connectivity index (χ4n) is 2.92. The predicted octanol–water partition coefficient (Wildman–Crippen LogP) is 4.13. The zero-order valence-electron chi connectivity index (χ0n) is 18.3. The molecular weight excluding hydrogens is 398 g/mol. The first-order chi connectivity index (χ1) is 14.9. The Morgan fingerprint density at radius 3 is 2.35 bits per heavy atom. The van der Waals surface area contributed by atoms with Gasteiger partial charge in [-0.1, -0.05) is 25.1 Å². The Morgan fingerprint density at radius 2 is 1.74 bits per heavy atom. The van der Waals surface area contributed by atoms with Crippen molar-refractivity contribution >= 4 is 5.91 Å². The van der Waals surface area contributed by atoms with E-state index in [0.717, 1.165) is 11.1 Å². The van der Waals surface area contributed by atoms with Gasteiger partial charge in [0.15, 0.2) is 23.9 Å². The Balaban J connectivity index is 1.54. The second kappa shape index (κ2) is 9.97. The van der Waals surface area contributed by atoms with E-state index in [1.54, 1.807) is 26.4 Å². The Morgan fingerprint density at radius 1 is 1.03 bits per heavy atom. The number of amides is 1. The van der Waals surface area contributed by atoms with Crippen molar-refractivity contribution < 1.29 is 23.5 Å². The molecule has 1 atom stereocenters. The molecule has 31 heavy (non-hydrogen) atoms. The van der Waals surface area contributed by atoms with Crippen molar-refractivity contribution in [2.45, 2.75) is 32.7 Å². The van der Waals surface area contributed by atoms with Crippen LogP contribution in [0.2, 0.25) is 0 Å². The number of nitrogens with one attached hydrogen (secondary N) is 1. The molecule has 2 aromatic carbocycles. The van der Waals surface area contributed by atoms with E-state index in [0.29, 0.717) is 29.0 Å². The van der Waals surface area contributed by atoms with Gasteiger partial charge in [0, 0.05) is 11.5 Å².